The highest BCUT2D eigenvalue weighted by atomic mass is 32.1. The Morgan fingerprint density at radius 3 is 2.75 bits per heavy atom. The van der Waals surface area contributed by atoms with E-state index in [9.17, 15) is 4.79 Å². The lowest BCUT2D eigenvalue weighted by atomic mass is 10.2. The number of furan rings is 1. The van der Waals surface area contributed by atoms with Gasteiger partial charge >= 0.3 is 5.97 Å². The first-order valence-corrected chi connectivity index (χ1v) is 7.93. The van der Waals surface area contributed by atoms with Gasteiger partial charge in [0.1, 0.15) is 11.6 Å². The summed E-state index contributed by atoms with van der Waals surface area (Å²) in [6.45, 7) is 0.348. The van der Waals surface area contributed by atoms with E-state index in [2.05, 4.69) is 22.6 Å². The Hall–Kier alpha value is -2.67. The minimum absolute atomic E-state index is 0.0675. The van der Waals surface area contributed by atoms with Crippen molar-refractivity contribution in [2.45, 2.75) is 17.7 Å². The molecule has 0 atom stereocenters. The first-order chi connectivity index (χ1) is 11.6. The number of nitrogens with two attached hydrogens (primary N) is 1. The second-order valence-electron chi connectivity index (χ2n) is 5.33. The van der Waals surface area contributed by atoms with Crippen molar-refractivity contribution in [3.63, 3.8) is 0 Å². The van der Waals surface area contributed by atoms with E-state index in [4.69, 9.17) is 15.3 Å². The number of aliphatic imine (C=N–C) groups is 1. The van der Waals surface area contributed by atoms with Crippen molar-refractivity contribution < 1.29 is 14.3 Å². The number of aromatic nitrogens is 1. The molecule has 3 aromatic rings. The van der Waals surface area contributed by atoms with E-state index >= 15 is 0 Å². The van der Waals surface area contributed by atoms with Crippen molar-refractivity contribution in [2.75, 3.05) is 6.54 Å². The van der Waals surface area contributed by atoms with Crippen LogP contribution in [0.25, 0.3) is 22.4 Å². The molecule has 0 saturated heterocycles. The van der Waals surface area contributed by atoms with Crippen LogP contribution >= 0.6 is 12.6 Å². The number of rotatable bonds is 6. The summed E-state index contributed by atoms with van der Waals surface area (Å²) in [7, 11) is 0. The van der Waals surface area contributed by atoms with E-state index in [0.29, 0.717) is 29.1 Å². The van der Waals surface area contributed by atoms with Gasteiger partial charge in [-0.25, -0.2) is 0 Å². The molecular formula is C17H17N3O3S. The second-order valence-corrected chi connectivity index (χ2v) is 5.78. The number of thiol groups is 1. The van der Waals surface area contributed by atoms with Gasteiger partial charge in [-0.3, -0.25) is 9.79 Å². The van der Waals surface area contributed by atoms with E-state index in [0.717, 1.165) is 16.8 Å². The van der Waals surface area contributed by atoms with Gasteiger partial charge in [0, 0.05) is 24.6 Å². The molecule has 0 bridgehead atoms. The first-order valence-electron chi connectivity index (χ1n) is 7.48. The summed E-state index contributed by atoms with van der Waals surface area (Å²) in [5, 5.41) is 8.62. The maximum Gasteiger partial charge on any atom is 0.303 e. The highest BCUT2D eigenvalue weighted by Gasteiger charge is 2.17. The van der Waals surface area contributed by atoms with Crippen LogP contribution in [0.5, 0.6) is 0 Å². The number of nitrogens with one attached hydrogen (secondary N) is 1. The first kappa shape index (κ1) is 16.2. The molecule has 0 fully saturated rings. The molecule has 24 heavy (non-hydrogen) atoms. The summed E-state index contributed by atoms with van der Waals surface area (Å²) in [5.41, 5.74) is 8.94. The molecule has 4 N–H and O–H groups in total. The normalized spacial score (nSPS) is 12.0. The fourth-order valence-corrected chi connectivity index (χ4v) is 2.74. The number of hydrogen-bond donors (Lipinski definition) is 4. The monoisotopic (exact) mass is 343 g/mol. The standard InChI is InChI=1S/C17H17N3O3S/c18-17(19-8-4-7-13(21)22)14-16(24)15-11(20-14)9-12(23-15)10-5-2-1-3-6-10/h1-3,5-6,9,20,24H,4,7-8H2,(H2,18,19)(H,21,22). The number of benzene rings is 1. The number of fused-ring (bicyclic) bond motifs is 1. The average molecular weight is 343 g/mol. The zero-order chi connectivity index (χ0) is 17.1. The van der Waals surface area contributed by atoms with Crippen molar-refractivity contribution >= 4 is 35.5 Å². The molecule has 0 aliphatic carbocycles. The van der Waals surface area contributed by atoms with Gasteiger partial charge in [0.05, 0.1) is 16.1 Å². The molecule has 0 aliphatic heterocycles. The molecule has 0 saturated carbocycles. The minimum atomic E-state index is -0.843. The van der Waals surface area contributed by atoms with E-state index in [-0.39, 0.29) is 12.3 Å². The SMILES string of the molecule is NC(=NCCCC(=O)O)c1[nH]c2cc(-c3ccccc3)oc2c1S. The molecule has 0 radical (unpaired) electrons. The Morgan fingerprint density at radius 1 is 1.33 bits per heavy atom. The molecule has 7 heteroatoms. The predicted octanol–water partition coefficient (Wildman–Crippen LogP) is 3.29. The fraction of sp³-hybridized carbons (Fsp3) is 0.176. The summed E-state index contributed by atoms with van der Waals surface area (Å²) in [6.07, 6.45) is 0.505. The van der Waals surface area contributed by atoms with Crippen LogP contribution in [-0.4, -0.2) is 28.4 Å². The Morgan fingerprint density at radius 2 is 2.08 bits per heavy atom. The van der Waals surface area contributed by atoms with Crippen LogP contribution in [-0.2, 0) is 4.79 Å². The number of carbonyl (C=O) groups is 1. The number of H-pyrrole nitrogens is 1. The Balaban J connectivity index is 1.83. The number of nitrogens with zero attached hydrogens (tertiary/aromatic N) is 1. The van der Waals surface area contributed by atoms with Gasteiger partial charge < -0.3 is 20.2 Å². The molecule has 124 valence electrons. The number of carboxylic acid groups (broad SMARTS) is 1. The maximum absolute atomic E-state index is 10.5. The van der Waals surface area contributed by atoms with Gasteiger partial charge in [-0.15, -0.1) is 12.6 Å². The van der Waals surface area contributed by atoms with Crippen LogP contribution in [0.4, 0.5) is 0 Å². The molecule has 0 unspecified atom stereocenters. The molecule has 0 spiro atoms. The number of aromatic amines is 1. The highest BCUT2D eigenvalue weighted by molar-refractivity contribution is 7.80. The van der Waals surface area contributed by atoms with Gasteiger partial charge in [0.15, 0.2) is 5.58 Å². The predicted molar refractivity (Wildman–Crippen MR) is 95.7 cm³/mol. The number of carboxylic acids is 1. The van der Waals surface area contributed by atoms with Crippen molar-refractivity contribution in [3.05, 3.63) is 42.1 Å². The summed E-state index contributed by atoms with van der Waals surface area (Å²) in [5.74, 6) is 0.193. The molecule has 3 rings (SSSR count). The van der Waals surface area contributed by atoms with Crippen LogP contribution in [0.1, 0.15) is 18.5 Å². The van der Waals surface area contributed by atoms with Crippen molar-refractivity contribution in [1.82, 2.24) is 4.98 Å². The lowest BCUT2D eigenvalue weighted by Crippen LogP contribution is -2.15. The minimum Gasteiger partial charge on any atom is -0.481 e. The zero-order valence-electron chi connectivity index (χ0n) is 12.8. The second kappa shape index (κ2) is 6.84. The fourth-order valence-electron chi connectivity index (χ4n) is 2.41. The highest BCUT2D eigenvalue weighted by Crippen LogP contribution is 2.33. The summed E-state index contributed by atoms with van der Waals surface area (Å²) >= 11 is 4.48. The van der Waals surface area contributed by atoms with Gasteiger partial charge in [-0.05, 0) is 6.42 Å². The van der Waals surface area contributed by atoms with Crippen LogP contribution in [0.2, 0.25) is 0 Å². The van der Waals surface area contributed by atoms with Gasteiger partial charge in [-0.2, -0.15) is 0 Å². The van der Waals surface area contributed by atoms with Crippen molar-refractivity contribution in [2.24, 2.45) is 10.7 Å². The Bertz CT molecular complexity index is 897. The Labute approximate surface area is 143 Å². The molecule has 0 aliphatic rings. The molecule has 2 aromatic heterocycles. The summed E-state index contributed by atoms with van der Waals surface area (Å²) in [4.78, 5) is 18.4. The van der Waals surface area contributed by atoms with Crippen LogP contribution < -0.4 is 5.73 Å². The third-order valence-electron chi connectivity index (χ3n) is 3.59. The topological polar surface area (TPSA) is 105 Å². The van der Waals surface area contributed by atoms with E-state index in [1.807, 2.05) is 36.4 Å². The average Bonchev–Trinajstić information content (AvgIpc) is 3.12. The van der Waals surface area contributed by atoms with Gasteiger partial charge in [0.2, 0.25) is 0 Å². The lowest BCUT2D eigenvalue weighted by molar-refractivity contribution is -0.137. The van der Waals surface area contributed by atoms with E-state index in [1.165, 1.54) is 0 Å². The third kappa shape index (κ3) is 3.30. The maximum atomic E-state index is 10.5. The van der Waals surface area contributed by atoms with Crippen molar-refractivity contribution in [3.8, 4) is 11.3 Å². The third-order valence-corrected chi connectivity index (χ3v) is 4.02. The van der Waals surface area contributed by atoms with E-state index < -0.39 is 5.97 Å². The smallest absolute Gasteiger partial charge is 0.303 e. The molecule has 1 aromatic carbocycles. The lowest BCUT2D eigenvalue weighted by Gasteiger charge is -2.00. The van der Waals surface area contributed by atoms with Gasteiger partial charge in [0.25, 0.3) is 0 Å². The van der Waals surface area contributed by atoms with Crippen molar-refractivity contribution in [1.29, 1.82) is 0 Å². The quantitative estimate of drug-likeness (QED) is 0.238. The van der Waals surface area contributed by atoms with Crippen LogP contribution in [0.3, 0.4) is 0 Å². The summed E-state index contributed by atoms with van der Waals surface area (Å²) in [6, 6.07) is 11.7. The Kier molecular flexibility index (Phi) is 4.61. The molecule has 0 amide bonds. The number of aliphatic carboxylic acids is 1. The van der Waals surface area contributed by atoms with Crippen LogP contribution in [0.15, 0.2) is 50.7 Å². The van der Waals surface area contributed by atoms with E-state index in [1.54, 1.807) is 0 Å². The summed E-state index contributed by atoms with van der Waals surface area (Å²) < 4.78 is 5.88. The largest absolute Gasteiger partial charge is 0.481 e. The van der Waals surface area contributed by atoms with Crippen LogP contribution in [0, 0.1) is 0 Å². The number of hydrogen-bond acceptors (Lipinski definition) is 4. The van der Waals surface area contributed by atoms with Gasteiger partial charge in [-0.1, -0.05) is 30.3 Å². The number of amidine groups is 1. The molecular weight excluding hydrogens is 326 g/mol. The molecule has 2 heterocycles. The molecule has 6 nitrogen and oxygen atoms in total. The zero-order valence-corrected chi connectivity index (χ0v) is 13.7.